The zero-order valence-corrected chi connectivity index (χ0v) is 27.2. The maximum absolute atomic E-state index is 12.5. The fraction of sp³-hybridized carbons (Fsp3) is 0.943. The molecule has 0 aromatic rings. The second-order valence-electron chi connectivity index (χ2n) is 16.7. The van der Waals surface area contributed by atoms with Gasteiger partial charge in [0.15, 0.2) is 12.2 Å². The van der Waals surface area contributed by atoms with E-state index in [9.17, 15) is 9.59 Å². The van der Waals surface area contributed by atoms with Crippen LogP contribution in [0.2, 0.25) is 0 Å². The number of hydrogen-bond donors (Lipinski definition) is 0. The molecule has 0 amide bonds. The van der Waals surface area contributed by atoms with Gasteiger partial charge in [-0.05, 0) is 99.7 Å². The van der Waals surface area contributed by atoms with Gasteiger partial charge in [0.1, 0.15) is 12.1 Å². The number of hydrogen-bond acceptors (Lipinski definition) is 4. The van der Waals surface area contributed by atoms with Crippen molar-refractivity contribution >= 4 is 11.9 Å². The van der Waals surface area contributed by atoms with Crippen LogP contribution in [0, 0.1) is 34.5 Å². The lowest BCUT2D eigenvalue weighted by Gasteiger charge is -2.63. The normalized spacial score (nSPS) is 46.9. The Morgan fingerprint density at radius 1 is 0.683 bits per heavy atom. The second kappa shape index (κ2) is 10.8. The molecule has 0 N–H and O–H groups in total. The molecule has 10 atom stereocenters. The van der Waals surface area contributed by atoms with E-state index in [0.717, 1.165) is 21.3 Å². The fourth-order valence-corrected chi connectivity index (χ4v) is 12.3. The summed E-state index contributed by atoms with van der Waals surface area (Å²) in [7, 11) is 4.94. The lowest BCUT2D eigenvalue weighted by Crippen LogP contribution is -2.66. The molecule has 41 heavy (non-hydrogen) atoms. The van der Waals surface area contributed by atoms with Crippen molar-refractivity contribution in [3.8, 4) is 0 Å². The number of likely N-dealkylation sites (tertiary alicyclic amines) is 2. The first kappa shape index (κ1) is 29.9. The number of nitrogens with zero attached hydrogens (tertiary/aromatic N) is 2. The highest BCUT2D eigenvalue weighted by atomic mass is 16.5. The molecule has 2 aliphatic heterocycles. The Balaban J connectivity index is 1.31. The van der Waals surface area contributed by atoms with Gasteiger partial charge < -0.3 is 18.4 Å². The van der Waals surface area contributed by atoms with Crippen LogP contribution in [-0.2, 0) is 19.1 Å². The molecule has 7 unspecified atom stereocenters. The first-order valence-corrected chi connectivity index (χ1v) is 17.4. The van der Waals surface area contributed by atoms with Crippen LogP contribution in [0.4, 0.5) is 0 Å². The average Bonchev–Trinajstić information content (AvgIpc) is 3.21. The van der Waals surface area contributed by atoms with Crippen molar-refractivity contribution in [3.05, 3.63) is 0 Å². The summed E-state index contributed by atoms with van der Waals surface area (Å²) in [4.78, 5) is 24.8. The topological polar surface area (TPSA) is 52.6 Å². The summed E-state index contributed by atoms with van der Waals surface area (Å²) in [6, 6.07) is 0.846. The van der Waals surface area contributed by atoms with E-state index in [-0.39, 0.29) is 29.6 Å². The van der Waals surface area contributed by atoms with Crippen LogP contribution >= 0.6 is 0 Å². The minimum Gasteiger partial charge on any atom is -0.456 e. The zero-order chi connectivity index (χ0) is 29.2. The van der Waals surface area contributed by atoms with E-state index in [4.69, 9.17) is 9.47 Å². The fourth-order valence-electron chi connectivity index (χ4n) is 12.3. The second-order valence-corrected chi connectivity index (χ2v) is 16.7. The van der Waals surface area contributed by atoms with Crippen LogP contribution in [0.15, 0.2) is 0 Å². The summed E-state index contributed by atoms with van der Waals surface area (Å²) in [6.07, 6.45) is 16.4. The van der Waals surface area contributed by atoms with Gasteiger partial charge in [-0.2, -0.15) is 0 Å². The molecule has 6 nitrogen and oxygen atoms in total. The highest BCUT2D eigenvalue weighted by Gasteiger charge is 2.68. The third-order valence-electron chi connectivity index (χ3n) is 14.5. The standard InChI is InChI=1S/C35H60N2O4/c1-24(38)40-32-21-26-13-14-27-28(35(26,4)23-31(32)37(6)19-11-8-12-20-37)15-16-34(3)29(27)22-30(33(34)41-25(2)39)36(5)17-9-7-10-18-36/h26-33H,7-23H2,1-6H3/q+2/t26-,27?,28?,29-,30?,31?,32-,33?,34?,35?/m0/s1. The van der Waals surface area contributed by atoms with Gasteiger partial charge in [0.05, 0.1) is 40.3 Å². The Labute approximate surface area is 250 Å². The average molecular weight is 573 g/mol. The first-order chi connectivity index (χ1) is 19.4. The van der Waals surface area contributed by atoms with E-state index >= 15 is 0 Å². The van der Waals surface area contributed by atoms with Crippen LogP contribution < -0.4 is 0 Å². The van der Waals surface area contributed by atoms with Crippen LogP contribution in [0.3, 0.4) is 0 Å². The molecular formula is C35H60N2O4+2. The van der Waals surface area contributed by atoms with Gasteiger partial charge in [-0.25, -0.2) is 0 Å². The minimum atomic E-state index is -0.0998. The first-order valence-electron chi connectivity index (χ1n) is 17.4. The molecule has 4 aliphatic carbocycles. The van der Waals surface area contributed by atoms with Gasteiger partial charge >= 0.3 is 11.9 Å². The van der Waals surface area contributed by atoms with Crippen molar-refractivity contribution in [3.63, 3.8) is 0 Å². The number of ether oxygens (including phenoxy) is 2. The minimum absolute atomic E-state index is 0.0462. The Morgan fingerprint density at radius 2 is 1.27 bits per heavy atom. The van der Waals surface area contributed by atoms with Crippen LogP contribution in [0.5, 0.6) is 0 Å². The van der Waals surface area contributed by atoms with Gasteiger partial charge in [-0.3, -0.25) is 9.59 Å². The monoisotopic (exact) mass is 572 g/mol. The lowest BCUT2D eigenvalue weighted by molar-refractivity contribution is -0.943. The number of fused-ring (bicyclic) bond motifs is 5. The van der Waals surface area contributed by atoms with E-state index in [1.165, 1.54) is 103 Å². The molecule has 0 radical (unpaired) electrons. The lowest BCUT2D eigenvalue weighted by atomic mass is 9.44. The summed E-state index contributed by atoms with van der Waals surface area (Å²) in [5, 5.41) is 0. The highest BCUT2D eigenvalue weighted by Crippen LogP contribution is 2.68. The van der Waals surface area contributed by atoms with Gasteiger partial charge in [0.25, 0.3) is 0 Å². The quantitative estimate of drug-likeness (QED) is 0.301. The largest absolute Gasteiger partial charge is 0.456 e. The molecular weight excluding hydrogens is 512 g/mol. The van der Waals surface area contributed by atoms with Crippen molar-refractivity contribution in [2.75, 3.05) is 40.3 Å². The van der Waals surface area contributed by atoms with Crippen molar-refractivity contribution in [2.24, 2.45) is 34.5 Å². The molecule has 6 rings (SSSR count). The molecule has 6 heteroatoms. The van der Waals surface area contributed by atoms with E-state index in [1.807, 2.05) is 0 Å². The smallest absolute Gasteiger partial charge is 0.303 e. The molecule has 4 saturated carbocycles. The van der Waals surface area contributed by atoms with Crippen LogP contribution in [-0.4, -0.2) is 85.5 Å². The van der Waals surface area contributed by atoms with Crippen LogP contribution in [0.1, 0.15) is 111 Å². The number of esters is 2. The zero-order valence-electron chi connectivity index (χ0n) is 27.2. The molecule has 0 bridgehead atoms. The van der Waals surface area contributed by atoms with Gasteiger partial charge in [0, 0.05) is 32.1 Å². The van der Waals surface area contributed by atoms with Gasteiger partial charge in [0.2, 0.25) is 0 Å². The van der Waals surface area contributed by atoms with Crippen molar-refractivity contribution < 1.29 is 28.0 Å². The number of carbonyl (C=O) groups is 2. The maximum atomic E-state index is 12.5. The third kappa shape index (κ3) is 4.99. The van der Waals surface area contributed by atoms with Gasteiger partial charge in [-0.1, -0.05) is 13.8 Å². The molecule has 232 valence electrons. The number of piperidine rings is 2. The molecule has 0 aromatic carbocycles. The van der Waals surface area contributed by atoms with Crippen LogP contribution in [0.25, 0.3) is 0 Å². The number of likely N-dealkylation sites (N-methyl/N-ethyl adjacent to an activating group) is 2. The molecule has 0 aromatic heterocycles. The summed E-state index contributed by atoms with van der Waals surface area (Å²) in [5.74, 6) is 2.52. The van der Waals surface area contributed by atoms with Crippen molar-refractivity contribution in [1.29, 1.82) is 0 Å². The summed E-state index contributed by atoms with van der Waals surface area (Å²) < 4.78 is 14.7. The Hall–Kier alpha value is -1.14. The number of rotatable bonds is 4. The van der Waals surface area contributed by atoms with Gasteiger partial charge in [-0.15, -0.1) is 0 Å². The highest BCUT2D eigenvalue weighted by molar-refractivity contribution is 5.66. The van der Waals surface area contributed by atoms with Crippen molar-refractivity contribution in [1.82, 2.24) is 0 Å². The van der Waals surface area contributed by atoms with E-state index in [1.54, 1.807) is 13.8 Å². The molecule has 2 heterocycles. The van der Waals surface area contributed by atoms with E-state index < -0.39 is 0 Å². The molecule has 0 spiro atoms. The Morgan fingerprint density at radius 3 is 1.85 bits per heavy atom. The molecule has 6 aliphatic rings. The van der Waals surface area contributed by atoms with E-state index in [0.29, 0.717) is 35.3 Å². The Kier molecular flexibility index (Phi) is 7.87. The molecule has 2 saturated heterocycles. The number of quaternary nitrogens is 2. The third-order valence-corrected chi connectivity index (χ3v) is 14.5. The summed E-state index contributed by atoms with van der Waals surface area (Å²) >= 11 is 0. The molecule has 6 fully saturated rings. The van der Waals surface area contributed by atoms with E-state index in [2.05, 4.69) is 27.9 Å². The predicted molar refractivity (Wildman–Crippen MR) is 161 cm³/mol. The predicted octanol–water partition coefficient (Wildman–Crippen LogP) is 6.11. The Bertz CT molecular complexity index is 1000. The maximum Gasteiger partial charge on any atom is 0.303 e. The summed E-state index contributed by atoms with van der Waals surface area (Å²) in [6.45, 7) is 13.3. The van der Waals surface area contributed by atoms with Crippen molar-refractivity contribution in [2.45, 2.75) is 135 Å². The number of carbonyl (C=O) groups excluding carboxylic acids is 2. The summed E-state index contributed by atoms with van der Waals surface area (Å²) in [5.41, 5.74) is 0.377. The SMILES string of the molecule is CC(=O)OC1C([N+]2(C)CCCCC2)C[C@H]2C3CC[C@H]4C[C@H](OC(C)=O)C([N+]5(C)CCCCC5)CC4(C)C3CCC12C.